The molecule has 0 radical (unpaired) electrons. The molecule has 33 heavy (non-hydrogen) atoms. The lowest BCUT2D eigenvalue weighted by molar-refractivity contribution is -0.321. The van der Waals surface area contributed by atoms with E-state index in [0.717, 1.165) is 24.9 Å². The number of ether oxygens (including phenoxy) is 2. The van der Waals surface area contributed by atoms with Gasteiger partial charge in [-0.05, 0) is 37.5 Å². The molecule has 0 aromatic rings. The van der Waals surface area contributed by atoms with E-state index in [1.807, 2.05) is 0 Å². The number of likely N-dealkylation sites (tertiary alicyclic amines) is 1. The van der Waals surface area contributed by atoms with Crippen molar-refractivity contribution in [2.75, 3.05) is 26.8 Å². The lowest BCUT2D eigenvalue weighted by atomic mass is 9.92. The largest absolute Gasteiger partial charge is 0.522 e. The van der Waals surface area contributed by atoms with Crippen LogP contribution in [-0.2, 0) is 33.4 Å². The summed E-state index contributed by atoms with van der Waals surface area (Å²) >= 11 is 0. The third-order valence-corrected chi connectivity index (χ3v) is 6.55. The Morgan fingerprint density at radius 3 is 2.55 bits per heavy atom. The number of nitrogens with one attached hydrogen (secondary N) is 2. The number of fused-ring (bicyclic) bond motifs is 1. The van der Waals surface area contributed by atoms with Crippen molar-refractivity contribution >= 4 is 29.5 Å². The number of hydrogen-bond donors (Lipinski definition) is 2. The number of alkyl halides is 3. The molecule has 3 fully saturated rings. The SMILES string of the molecule is COC(=O)C(=O)N1C[C@@H]2CCC[C@@H]2[C@H]1C(=O)NC(C[C@@H]1CCNC1=O)C(=O)COC(F)(F)F. The van der Waals surface area contributed by atoms with Gasteiger partial charge in [-0.2, -0.15) is 0 Å². The maximum absolute atomic E-state index is 13.2. The Bertz CT molecular complexity index is 819. The minimum Gasteiger partial charge on any atom is -0.462 e. The van der Waals surface area contributed by atoms with Crippen molar-refractivity contribution in [3.8, 4) is 0 Å². The molecule has 184 valence electrons. The first-order chi connectivity index (χ1) is 15.5. The topological polar surface area (TPSA) is 131 Å². The molecule has 2 aliphatic heterocycles. The number of hydrogen-bond acceptors (Lipinski definition) is 7. The van der Waals surface area contributed by atoms with Crippen LogP contribution in [-0.4, -0.2) is 79.6 Å². The zero-order valence-corrected chi connectivity index (χ0v) is 18.0. The molecule has 0 spiro atoms. The molecule has 0 aromatic heterocycles. The Hall–Kier alpha value is -2.70. The predicted molar refractivity (Wildman–Crippen MR) is 103 cm³/mol. The van der Waals surface area contributed by atoms with Gasteiger partial charge in [-0.3, -0.25) is 23.9 Å². The number of rotatable bonds is 7. The van der Waals surface area contributed by atoms with Crippen molar-refractivity contribution in [2.24, 2.45) is 17.8 Å². The molecular weight excluding hydrogens is 451 g/mol. The molecule has 3 amide bonds. The Kier molecular flexibility index (Phi) is 7.60. The summed E-state index contributed by atoms with van der Waals surface area (Å²) < 4.78 is 45.4. The quantitative estimate of drug-likeness (QED) is 0.387. The van der Waals surface area contributed by atoms with E-state index in [1.165, 1.54) is 0 Å². The molecule has 2 heterocycles. The van der Waals surface area contributed by atoms with Gasteiger partial charge in [0, 0.05) is 19.0 Å². The van der Waals surface area contributed by atoms with E-state index in [-0.39, 0.29) is 30.7 Å². The summed E-state index contributed by atoms with van der Waals surface area (Å²) in [5.74, 6) is -5.24. The highest BCUT2D eigenvalue weighted by molar-refractivity contribution is 6.32. The van der Waals surface area contributed by atoms with Gasteiger partial charge in [0.2, 0.25) is 11.8 Å². The average Bonchev–Trinajstić information content (AvgIpc) is 3.45. The molecule has 2 N–H and O–H groups in total. The summed E-state index contributed by atoms with van der Waals surface area (Å²) in [6.45, 7) is -0.812. The maximum atomic E-state index is 13.2. The van der Waals surface area contributed by atoms with Crippen LogP contribution in [0.2, 0.25) is 0 Å². The van der Waals surface area contributed by atoms with Crippen LogP contribution in [0, 0.1) is 17.8 Å². The zero-order valence-electron chi connectivity index (χ0n) is 18.0. The van der Waals surface area contributed by atoms with E-state index in [0.29, 0.717) is 19.4 Å². The second-order valence-electron chi connectivity index (χ2n) is 8.52. The van der Waals surface area contributed by atoms with E-state index in [2.05, 4.69) is 20.1 Å². The first-order valence-corrected chi connectivity index (χ1v) is 10.7. The highest BCUT2D eigenvalue weighted by atomic mass is 19.4. The second-order valence-corrected chi connectivity index (χ2v) is 8.52. The Morgan fingerprint density at radius 2 is 1.94 bits per heavy atom. The Morgan fingerprint density at radius 1 is 1.21 bits per heavy atom. The van der Waals surface area contributed by atoms with Crippen LogP contribution < -0.4 is 10.6 Å². The highest BCUT2D eigenvalue weighted by Gasteiger charge is 2.51. The highest BCUT2D eigenvalue weighted by Crippen LogP contribution is 2.42. The van der Waals surface area contributed by atoms with Crippen LogP contribution in [0.25, 0.3) is 0 Å². The van der Waals surface area contributed by atoms with Crippen LogP contribution >= 0.6 is 0 Å². The number of carbonyl (C=O) groups is 5. The van der Waals surface area contributed by atoms with E-state index >= 15 is 0 Å². The van der Waals surface area contributed by atoms with Gasteiger partial charge in [-0.25, -0.2) is 4.79 Å². The smallest absolute Gasteiger partial charge is 0.462 e. The van der Waals surface area contributed by atoms with Crippen LogP contribution in [0.15, 0.2) is 0 Å². The van der Waals surface area contributed by atoms with Gasteiger partial charge in [-0.1, -0.05) is 6.42 Å². The zero-order chi connectivity index (χ0) is 24.3. The molecule has 2 saturated heterocycles. The predicted octanol–water partition coefficient (Wildman–Crippen LogP) is -0.0970. The molecule has 13 heteroatoms. The van der Waals surface area contributed by atoms with Crippen LogP contribution in [0.3, 0.4) is 0 Å². The van der Waals surface area contributed by atoms with E-state index < -0.39 is 54.5 Å². The van der Waals surface area contributed by atoms with Gasteiger partial charge in [0.05, 0.1) is 13.2 Å². The van der Waals surface area contributed by atoms with Crippen molar-refractivity contribution in [1.82, 2.24) is 15.5 Å². The number of ketones is 1. The molecule has 1 saturated carbocycles. The van der Waals surface area contributed by atoms with Crippen LogP contribution in [0.4, 0.5) is 13.2 Å². The molecular formula is C20H26F3N3O7. The molecule has 1 unspecified atom stereocenters. The number of carbonyl (C=O) groups excluding carboxylic acids is 5. The van der Waals surface area contributed by atoms with Crippen molar-refractivity contribution < 1.29 is 46.6 Å². The van der Waals surface area contributed by atoms with Gasteiger partial charge in [0.15, 0.2) is 5.78 Å². The van der Waals surface area contributed by atoms with Gasteiger partial charge < -0.3 is 20.3 Å². The minimum absolute atomic E-state index is 0.0160. The summed E-state index contributed by atoms with van der Waals surface area (Å²) in [6, 6.07) is -2.50. The first-order valence-electron chi connectivity index (χ1n) is 10.7. The number of Topliss-reactive ketones (excluding diaryl/α,β-unsaturated/α-hetero) is 1. The fourth-order valence-electron chi connectivity index (χ4n) is 4.99. The molecule has 0 aromatic carbocycles. The van der Waals surface area contributed by atoms with Crippen molar-refractivity contribution in [3.05, 3.63) is 0 Å². The second kappa shape index (κ2) is 10.1. The van der Waals surface area contributed by atoms with Gasteiger partial charge in [-0.15, -0.1) is 13.2 Å². The lowest BCUT2D eigenvalue weighted by Crippen LogP contribution is -2.55. The number of esters is 1. The third kappa shape index (κ3) is 5.81. The van der Waals surface area contributed by atoms with E-state index in [4.69, 9.17) is 0 Å². The molecule has 3 aliphatic rings. The molecule has 1 aliphatic carbocycles. The van der Waals surface area contributed by atoms with Crippen molar-refractivity contribution in [2.45, 2.75) is 50.6 Å². The number of methoxy groups -OCH3 is 1. The van der Waals surface area contributed by atoms with E-state index in [1.54, 1.807) is 0 Å². The normalized spacial score (nSPS) is 27.6. The Balaban J connectivity index is 1.78. The molecule has 0 bridgehead atoms. The molecule has 5 atom stereocenters. The van der Waals surface area contributed by atoms with Crippen molar-refractivity contribution in [3.63, 3.8) is 0 Å². The van der Waals surface area contributed by atoms with Crippen LogP contribution in [0.1, 0.15) is 32.1 Å². The lowest BCUT2D eigenvalue weighted by Gasteiger charge is -2.28. The summed E-state index contributed by atoms with van der Waals surface area (Å²) in [7, 11) is 1.04. The number of amides is 3. The van der Waals surface area contributed by atoms with Gasteiger partial charge in [0.25, 0.3) is 0 Å². The Labute approximate surface area is 187 Å². The first kappa shape index (κ1) is 24.9. The average molecular weight is 477 g/mol. The monoisotopic (exact) mass is 477 g/mol. The number of nitrogens with zero attached hydrogens (tertiary/aromatic N) is 1. The molecule has 3 rings (SSSR count). The van der Waals surface area contributed by atoms with Gasteiger partial charge in [0.1, 0.15) is 12.6 Å². The van der Waals surface area contributed by atoms with Crippen LogP contribution in [0.5, 0.6) is 0 Å². The van der Waals surface area contributed by atoms with E-state index in [9.17, 15) is 37.1 Å². The van der Waals surface area contributed by atoms with Crippen molar-refractivity contribution in [1.29, 1.82) is 0 Å². The summed E-state index contributed by atoms with van der Waals surface area (Å²) in [4.78, 5) is 63.0. The minimum atomic E-state index is -5.04. The maximum Gasteiger partial charge on any atom is 0.522 e. The summed E-state index contributed by atoms with van der Waals surface area (Å²) in [6.07, 6.45) is -2.69. The van der Waals surface area contributed by atoms with Gasteiger partial charge >= 0.3 is 18.2 Å². The summed E-state index contributed by atoms with van der Waals surface area (Å²) in [5.41, 5.74) is 0. The fraction of sp³-hybridized carbons (Fsp3) is 0.750. The standard InChI is InChI=1S/C20H26F3N3O7/c1-32-19(31)18(30)26-8-11-3-2-4-12(11)15(26)17(29)25-13(7-10-5-6-24-16(10)28)14(27)9-33-20(21,22)23/h10-13,15H,2-9H2,1H3,(H,24,28)(H,25,29)/t10-,11-,12-,13?,15-/m0/s1. The molecule has 10 nitrogen and oxygen atoms in total. The third-order valence-electron chi connectivity index (χ3n) is 6.55. The number of halogens is 3. The summed E-state index contributed by atoms with van der Waals surface area (Å²) in [5, 5.41) is 5.01. The fourth-order valence-corrected chi connectivity index (χ4v) is 4.99.